The molecule has 2 fully saturated rings. The van der Waals surface area contributed by atoms with Gasteiger partial charge in [-0.1, -0.05) is 19.3 Å². The zero-order valence-corrected chi connectivity index (χ0v) is 11.6. The molecule has 0 radical (unpaired) electrons. The molecular formula is C14H26N2O3. The van der Waals surface area contributed by atoms with Crippen molar-refractivity contribution in [1.29, 1.82) is 0 Å². The van der Waals surface area contributed by atoms with E-state index < -0.39 is 5.60 Å². The van der Waals surface area contributed by atoms with Crippen LogP contribution in [0.15, 0.2) is 0 Å². The molecule has 2 rings (SSSR count). The number of piperidine rings is 1. The molecule has 3 N–H and O–H groups in total. The molecule has 5 nitrogen and oxygen atoms in total. The van der Waals surface area contributed by atoms with Gasteiger partial charge in [0.2, 0.25) is 5.91 Å². The molecule has 2 aliphatic rings. The van der Waals surface area contributed by atoms with Gasteiger partial charge in [0.1, 0.15) is 6.61 Å². The quantitative estimate of drug-likeness (QED) is 0.683. The van der Waals surface area contributed by atoms with Crippen molar-refractivity contribution in [2.45, 2.75) is 56.7 Å². The number of aliphatic hydroxyl groups is 1. The fourth-order valence-corrected chi connectivity index (χ4v) is 2.86. The molecule has 0 aromatic rings. The summed E-state index contributed by atoms with van der Waals surface area (Å²) in [5.41, 5.74) is -0.692. The largest absolute Gasteiger partial charge is 0.388 e. The Morgan fingerprint density at radius 3 is 2.63 bits per heavy atom. The fraction of sp³-hybridized carbons (Fsp3) is 0.929. The Morgan fingerprint density at radius 1 is 1.26 bits per heavy atom. The molecule has 0 atom stereocenters. The van der Waals surface area contributed by atoms with Gasteiger partial charge in [-0.25, -0.2) is 0 Å². The molecular weight excluding hydrogens is 244 g/mol. The highest BCUT2D eigenvalue weighted by Gasteiger charge is 2.29. The van der Waals surface area contributed by atoms with Gasteiger partial charge in [0, 0.05) is 6.54 Å². The van der Waals surface area contributed by atoms with Crippen molar-refractivity contribution in [3.8, 4) is 0 Å². The van der Waals surface area contributed by atoms with Crippen molar-refractivity contribution in [1.82, 2.24) is 10.6 Å². The Hall–Kier alpha value is -0.650. The third-order valence-corrected chi connectivity index (χ3v) is 4.14. The minimum absolute atomic E-state index is 0.112. The second-order valence-corrected chi connectivity index (χ2v) is 5.82. The van der Waals surface area contributed by atoms with E-state index in [1.54, 1.807) is 0 Å². The molecule has 0 bridgehead atoms. The first kappa shape index (κ1) is 14.8. The maximum absolute atomic E-state index is 11.7. The molecule has 110 valence electrons. The molecule has 1 heterocycles. The van der Waals surface area contributed by atoms with E-state index in [2.05, 4.69) is 10.6 Å². The van der Waals surface area contributed by atoms with Crippen LogP contribution in [0.4, 0.5) is 0 Å². The maximum atomic E-state index is 11.7. The Kier molecular flexibility index (Phi) is 5.60. The van der Waals surface area contributed by atoms with E-state index in [1.807, 2.05) is 0 Å². The molecule has 5 heteroatoms. The predicted octanol–water partition coefficient (Wildman–Crippen LogP) is 0.566. The highest BCUT2D eigenvalue weighted by atomic mass is 16.5. The van der Waals surface area contributed by atoms with Gasteiger partial charge in [-0.05, 0) is 38.8 Å². The summed E-state index contributed by atoms with van der Waals surface area (Å²) in [7, 11) is 0. The van der Waals surface area contributed by atoms with Gasteiger partial charge in [-0.2, -0.15) is 0 Å². The number of hydrogen-bond acceptors (Lipinski definition) is 4. The lowest BCUT2D eigenvalue weighted by Crippen LogP contribution is -2.45. The average molecular weight is 270 g/mol. The number of nitrogens with one attached hydrogen (secondary N) is 2. The Labute approximate surface area is 115 Å². The molecule has 0 spiro atoms. The van der Waals surface area contributed by atoms with Gasteiger partial charge >= 0.3 is 0 Å². The van der Waals surface area contributed by atoms with Gasteiger partial charge in [0.25, 0.3) is 0 Å². The van der Waals surface area contributed by atoms with Crippen molar-refractivity contribution in [3.05, 3.63) is 0 Å². The van der Waals surface area contributed by atoms with Crippen LogP contribution in [0.2, 0.25) is 0 Å². The van der Waals surface area contributed by atoms with E-state index in [1.165, 1.54) is 6.42 Å². The lowest BCUT2D eigenvalue weighted by molar-refractivity contribution is -0.129. The van der Waals surface area contributed by atoms with E-state index in [0.717, 1.165) is 51.6 Å². The first-order valence-electron chi connectivity index (χ1n) is 7.49. The summed E-state index contributed by atoms with van der Waals surface area (Å²) in [5, 5.41) is 16.3. The van der Waals surface area contributed by atoms with Crippen LogP contribution in [-0.4, -0.2) is 49.0 Å². The molecule has 0 unspecified atom stereocenters. The second-order valence-electron chi connectivity index (χ2n) is 5.82. The van der Waals surface area contributed by atoms with Crippen LogP contribution in [-0.2, 0) is 9.53 Å². The molecule has 1 saturated carbocycles. The zero-order chi connectivity index (χ0) is 13.6. The van der Waals surface area contributed by atoms with Crippen LogP contribution in [0.25, 0.3) is 0 Å². The lowest BCUT2D eigenvalue weighted by Gasteiger charge is -2.32. The van der Waals surface area contributed by atoms with Gasteiger partial charge in [-0.15, -0.1) is 0 Å². The minimum Gasteiger partial charge on any atom is -0.388 e. The summed E-state index contributed by atoms with van der Waals surface area (Å²) in [6.07, 6.45) is 7.02. The molecule has 1 saturated heterocycles. The highest BCUT2D eigenvalue weighted by Crippen LogP contribution is 2.27. The summed E-state index contributed by atoms with van der Waals surface area (Å²) < 4.78 is 5.58. The Balaban J connectivity index is 1.61. The monoisotopic (exact) mass is 270 g/mol. The maximum Gasteiger partial charge on any atom is 0.246 e. The molecule has 1 aliphatic carbocycles. The summed E-state index contributed by atoms with van der Waals surface area (Å²) in [6, 6.07) is 0. The topological polar surface area (TPSA) is 70.6 Å². The van der Waals surface area contributed by atoms with E-state index in [-0.39, 0.29) is 18.6 Å². The molecule has 19 heavy (non-hydrogen) atoms. The van der Waals surface area contributed by atoms with Gasteiger partial charge in [-0.3, -0.25) is 4.79 Å². The van der Waals surface area contributed by atoms with E-state index in [0.29, 0.717) is 6.54 Å². The zero-order valence-electron chi connectivity index (χ0n) is 11.6. The van der Waals surface area contributed by atoms with Gasteiger partial charge < -0.3 is 20.5 Å². The molecule has 1 aliphatic heterocycles. The van der Waals surface area contributed by atoms with Crippen molar-refractivity contribution in [2.75, 3.05) is 26.2 Å². The first-order chi connectivity index (χ1) is 9.18. The number of carbonyl (C=O) groups is 1. The summed E-state index contributed by atoms with van der Waals surface area (Å²) in [6.45, 7) is 2.40. The molecule has 0 aromatic heterocycles. The second kappa shape index (κ2) is 7.22. The number of hydrogen-bond donors (Lipinski definition) is 3. The van der Waals surface area contributed by atoms with E-state index in [4.69, 9.17) is 4.74 Å². The number of rotatable bonds is 5. The van der Waals surface area contributed by atoms with Gasteiger partial charge in [0.15, 0.2) is 0 Å². The normalized spacial score (nSPS) is 24.1. The lowest BCUT2D eigenvalue weighted by atomic mass is 9.85. The third kappa shape index (κ3) is 5.09. The van der Waals surface area contributed by atoms with Crippen molar-refractivity contribution in [3.63, 3.8) is 0 Å². The van der Waals surface area contributed by atoms with Crippen molar-refractivity contribution < 1.29 is 14.6 Å². The standard InChI is InChI=1S/C14H26N2O3/c17-13(10-19-12-4-8-15-9-5-12)16-11-14(18)6-2-1-3-7-14/h12,15,18H,1-11H2,(H,16,17). The third-order valence-electron chi connectivity index (χ3n) is 4.14. The summed E-state index contributed by atoms with van der Waals surface area (Å²) in [4.78, 5) is 11.7. The smallest absolute Gasteiger partial charge is 0.246 e. The Bertz CT molecular complexity index is 284. The van der Waals surface area contributed by atoms with Crippen LogP contribution in [0, 0.1) is 0 Å². The number of carbonyl (C=O) groups excluding carboxylic acids is 1. The molecule has 1 amide bonds. The van der Waals surface area contributed by atoms with Crippen molar-refractivity contribution in [2.24, 2.45) is 0 Å². The van der Waals surface area contributed by atoms with Crippen LogP contribution >= 0.6 is 0 Å². The predicted molar refractivity (Wildman–Crippen MR) is 72.9 cm³/mol. The summed E-state index contributed by atoms with van der Waals surface area (Å²) in [5.74, 6) is -0.113. The summed E-state index contributed by atoms with van der Waals surface area (Å²) >= 11 is 0. The van der Waals surface area contributed by atoms with Crippen LogP contribution < -0.4 is 10.6 Å². The SMILES string of the molecule is O=C(COC1CCNCC1)NCC1(O)CCCCC1. The van der Waals surface area contributed by atoms with Crippen molar-refractivity contribution >= 4 is 5.91 Å². The number of amides is 1. The minimum atomic E-state index is -0.692. The van der Waals surface area contributed by atoms with Crippen LogP contribution in [0.3, 0.4) is 0 Å². The Morgan fingerprint density at radius 2 is 1.95 bits per heavy atom. The average Bonchev–Trinajstić information content (AvgIpc) is 2.45. The molecule has 0 aromatic carbocycles. The van der Waals surface area contributed by atoms with E-state index >= 15 is 0 Å². The fourth-order valence-electron chi connectivity index (χ4n) is 2.86. The van der Waals surface area contributed by atoms with E-state index in [9.17, 15) is 9.90 Å². The van der Waals surface area contributed by atoms with Gasteiger partial charge in [0.05, 0.1) is 11.7 Å². The highest BCUT2D eigenvalue weighted by molar-refractivity contribution is 5.77. The first-order valence-corrected chi connectivity index (χ1v) is 7.49. The van der Waals surface area contributed by atoms with Crippen LogP contribution in [0.5, 0.6) is 0 Å². The van der Waals surface area contributed by atoms with Crippen LogP contribution in [0.1, 0.15) is 44.9 Å². The number of ether oxygens (including phenoxy) is 1.